The van der Waals surface area contributed by atoms with Crippen molar-refractivity contribution in [2.75, 3.05) is 24.2 Å². The number of hydrogen-bond acceptors (Lipinski definition) is 5. The first kappa shape index (κ1) is 28.5. The number of nitrogens with zero attached hydrogens (tertiary/aromatic N) is 2. The first-order valence-corrected chi connectivity index (χ1v) is 13.6. The molecule has 0 aliphatic carbocycles. The molecule has 2 amide bonds. The van der Waals surface area contributed by atoms with E-state index in [1.54, 1.807) is 50.4 Å². The summed E-state index contributed by atoms with van der Waals surface area (Å²) in [5.74, 6) is 0.199. The number of halogens is 1. The van der Waals surface area contributed by atoms with Crippen LogP contribution in [-0.2, 0) is 26.2 Å². The number of amides is 2. The zero-order valence-corrected chi connectivity index (χ0v) is 22.4. The number of anilines is 1. The lowest BCUT2D eigenvalue weighted by Gasteiger charge is -2.30. The van der Waals surface area contributed by atoms with Crippen LogP contribution in [0.15, 0.2) is 48.5 Å². The smallest absolute Gasteiger partial charge is 0.242 e. The van der Waals surface area contributed by atoms with Crippen molar-refractivity contribution >= 4 is 39.1 Å². The molecule has 0 unspecified atom stereocenters. The molecule has 2 aromatic carbocycles. The van der Waals surface area contributed by atoms with Crippen molar-refractivity contribution in [3.05, 3.63) is 59.1 Å². The van der Waals surface area contributed by atoms with E-state index in [9.17, 15) is 18.0 Å². The number of methoxy groups -OCH3 is 1. The molecule has 0 radical (unpaired) electrons. The van der Waals surface area contributed by atoms with Crippen LogP contribution in [0.4, 0.5) is 5.69 Å². The maximum Gasteiger partial charge on any atom is 0.242 e. The van der Waals surface area contributed by atoms with E-state index in [-0.39, 0.29) is 43.8 Å². The number of rotatable bonds is 12. The molecule has 0 heterocycles. The van der Waals surface area contributed by atoms with Crippen molar-refractivity contribution in [1.82, 2.24) is 10.2 Å². The molecule has 8 nitrogen and oxygen atoms in total. The summed E-state index contributed by atoms with van der Waals surface area (Å²) in [6.45, 7) is 5.74. The van der Waals surface area contributed by atoms with E-state index in [1.165, 1.54) is 9.21 Å². The molecule has 2 rings (SSSR count). The maximum atomic E-state index is 13.3. The van der Waals surface area contributed by atoms with Gasteiger partial charge in [0.15, 0.2) is 0 Å². The van der Waals surface area contributed by atoms with Gasteiger partial charge in [-0.2, -0.15) is 0 Å². The van der Waals surface area contributed by atoms with Crippen LogP contribution in [0.3, 0.4) is 0 Å². The summed E-state index contributed by atoms with van der Waals surface area (Å²) in [7, 11) is -2.00. The molecule has 10 heteroatoms. The van der Waals surface area contributed by atoms with E-state index in [0.29, 0.717) is 16.5 Å². The van der Waals surface area contributed by atoms with E-state index in [0.717, 1.165) is 11.8 Å². The van der Waals surface area contributed by atoms with Crippen molar-refractivity contribution in [1.29, 1.82) is 0 Å². The Labute approximate surface area is 213 Å². The molecule has 2 aromatic rings. The molecular weight excluding hydrogens is 490 g/mol. The molecular formula is C25H34ClN3O5S. The number of benzene rings is 2. The van der Waals surface area contributed by atoms with Gasteiger partial charge in [0.2, 0.25) is 21.8 Å². The third kappa shape index (κ3) is 8.74. The van der Waals surface area contributed by atoms with Crippen molar-refractivity contribution in [2.45, 2.75) is 52.2 Å². The van der Waals surface area contributed by atoms with Crippen molar-refractivity contribution in [2.24, 2.45) is 0 Å². The van der Waals surface area contributed by atoms with Gasteiger partial charge in [-0.25, -0.2) is 8.42 Å². The number of ether oxygens (including phenoxy) is 1. The van der Waals surface area contributed by atoms with Crippen molar-refractivity contribution in [3.63, 3.8) is 0 Å². The van der Waals surface area contributed by atoms with Crippen molar-refractivity contribution < 1.29 is 22.7 Å². The Kier molecular flexibility index (Phi) is 10.4. The standard InChI is InChI=1S/C25H34ClN3O5S/c1-18(2)27-25(31)19(3)28(17-20-11-13-23(34-4)14-12-20)24(30)10-7-15-29(35(5,32)33)22-9-6-8-21(26)16-22/h6,8-9,11-14,16,18-19H,7,10,15,17H2,1-5H3,(H,27,31)/t19-/m1/s1. The fourth-order valence-corrected chi connectivity index (χ4v) is 4.69. The fraction of sp³-hybridized carbons (Fsp3) is 0.440. The Balaban J connectivity index is 2.17. The Morgan fingerprint density at radius 3 is 2.29 bits per heavy atom. The van der Waals surface area contributed by atoms with Gasteiger partial charge in [0, 0.05) is 30.6 Å². The molecule has 0 aliphatic heterocycles. The second-order valence-electron chi connectivity index (χ2n) is 8.63. The van der Waals surface area contributed by atoms with E-state index in [1.807, 2.05) is 26.0 Å². The van der Waals surface area contributed by atoms with Crippen molar-refractivity contribution in [3.8, 4) is 5.75 Å². The maximum absolute atomic E-state index is 13.3. The topological polar surface area (TPSA) is 96.0 Å². The molecule has 1 N–H and O–H groups in total. The molecule has 35 heavy (non-hydrogen) atoms. The lowest BCUT2D eigenvalue weighted by atomic mass is 10.1. The summed E-state index contributed by atoms with van der Waals surface area (Å²) >= 11 is 6.03. The summed E-state index contributed by atoms with van der Waals surface area (Å²) in [6.07, 6.45) is 1.46. The highest BCUT2D eigenvalue weighted by Crippen LogP contribution is 2.23. The number of hydrogen-bond donors (Lipinski definition) is 1. The van der Waals surface area contributed by atoms with Crippen LogP contribution in [0.25, 0.3) is 0 Å². The minimum atomic E-state index is -3.58. The number of sulfonamides is 1. The summed E-state index contributed by atoms with van der Waals surface area (Å²) in [5, 5.41) is 3.27. The zero-order valence-electron chi connectivity index (χ0n) is 20.8. The van der Waals surface area contributed by atoms with E-state index < -0.39 is 16.1 Å². The molecule has 1 atom stereocenters. The van der Waals surface area contributed by atoms with Gasteiger partial charge in [-0.3, -0.25) is 13.9 Å². The number of carbonyl (C=O) groups is 2. The van der Waals surface area contributed by atoms with Gasteiger partial charge in [-0.1, -0.05) is 29.8 Å². The predicted molar refractivity (Wildman–Crippen MR) is 139 cm³/mol. The lowest BCUT2D eigenvalue weighted by Crippen LogP contribution is -2.49. The fourth-order valence-electron chi connectivity index (χ4n) is 3.55. The van der Waals surface area contributed by atoms with Gasteiger partial charge in [0.25, 0.3) is 0 Å². The minimum Gasteiger partial charge on any atom is -0.497 e. The van der Waals surface area contributed by atoms with Crippen LogP contribution in [-0.4, -0.2) is 57.1 Å². The molecule has 0 saturated carbocycles. The SMILES string of the molecule is COc1ccc(CN(C(=O)CCCN(c2cccc(Cl)c2)S(C)(=O)=O)[C@H](C)C(=O)NC(C)C)cc1. The Morgan fingerprint density at radius 1 is 1.09 bits per heavy atom. The molecule has 0 fully saturated rings. The van der Waals surface area contributed by atoms with Gasteiger partial charge in [-0.05, 0) is 63.1 Å². The van der Waals surface area contributed by atoms with Gasteiger partial charge < -0.3 is 15.0 Å². The number of nitrogens with one attached hydrogen (secondary N) is 1. The van der Waals surface area contributed by atoms with Crippen LogP contribution in [0.5, 0.6) is 5.75 Å². The highest BCUT2D eigenvalue weighted by molar-refractivity contribution is 7.92. The molecule has 0 spiro atoms. The largest absolute Gasteiger partial charge is 0.497 e. The van der Waals surface area contributed by atoms with E-state index >= 15 is 0 Å². The highest BCUT2D eigenvalue weighted by atomic mass is 35.5. The van der Waals surface area contributed by atoms with Gasteiger partial charge in [0.1, 0.15) is 11.8 Å². The minimum absolute atomic E-state index is 0.0658. The highest BCUT2D eigenvalue weighted by Gasteiger charge is 2.27. The number of carbonyl (C=O) groups excluding carboxylic acids is 2. The van der Waals surface area contributed by atoms with E-state index in [2.05, 4.69) is 5.32 Å². The summed E-state index contributed by atoms with van der Waals surface area (Å²) < 4.78 is 31.2. The normalized spacial score (nSPS) is 12.2. The molecule has 0 bridgehead atoms. The molecule has 0 aliphatic rings. The quantitative estimate of drug-likeness (QED) is 0.456. The molecule has 0 saturated heterocycles. The van der Waals surface area contributed by atoms with E-state index in [4.69, 9.17) is 16.3 Å². The molecule has 0 aromatic heterocycles. The van der Waals surface area contributed by atoms with Gasteiger partial charge in [0.05, 0.1) is 19.1 Å². The van der Waals surface area contributed by atoms with Crippen LogP contribution >= 0.6 is 11.6 Å². The monoisotopic (exact) mass is 523 g/mol. The first-order chi connectivity index (χ1) is 16.4. The third-order valence-corrected chi connectivity index (χ3v) is 6.79. The van der Waals surface area contributed by atoms with Gasteiger partial charge >= 0.3 is 0 Å². The molecule has 192 valence electrons. The Morgan fingerprint density at radius 2 is 1.74 bits per heavy atom. The van der Waals surface area contributed by atoms with Gasteiger partial charge in [-0.15, -0.1) is 0 Å². The third-order valence-electron chi connectivity index (χ3n) is 5.36. The summed E-state index contributed by atoms with van der Waals surface area (Å²) in [5.41, 5.74) is 1.28. The Hall–Kier alpha value is -2.78. The zero-order chi connectivity index (χ0) is 26.2. The second-order valence-corrected chi connectivity index (χ2v) is 11.0. The predicted octanol–water partition coefficient (Wildman–Crippen LogP) is 3.84. The average Bonchev–Trinajstić information content (AvgIpc) is 2.78. The average molecular weight is 524 g/mol. The summed E-state index contributed by atoms with van der Waals surface area (Å²) in [6, 6.07) is 13.1. The van der Waals surface area contributed by atoms with Crippen LogP contribution < -0.4 is 14.4 Å². The van der Waals surface area contributed by atoms with Crippen LogP contribution in [0.2, 0.25) is 5.02 Å². The summed E-state index contributed by atoms with van der Waals surface area (Å²) in [4.78, 5) is 27.5. The van der Waals surface area contributed by atoms with Crippen LogP contribution in [0.1, 0.15) is 39.2 Å². The first-order valence-electron chi connectivity index (χ1n) is 11.4. The second kappa shape index (κ2) is 12.8. The lowest BCUT2D eigenvalue weighted by molar-refractivity contribution is -0.140. The Bertz CT molecular complexity index is 1110. The van der Waals surface area contributed by atoms with Crippen LogP contribution in [0, 0.1) is 0 Å².